The molecule has 30 heavy (non-hydrogen) atoms. The molecular weight excluding hydrogens is 429 g/mol. The first kappa shape index (κ1) is 20.0. The van der Waals surface area contributed by atoms with Crippen LogP contribution in [0, 0.1) is 5.82 Å². The van der Waals surface area contributed by atoms with Crippen molar-refractivity contribution in [1.29, 1.82) is 0 Å². The van der Waals surface area contributed by atoms with Crippen LogP contribution in [-0.2, 0) is 9.53 Å². The van der Waals surface area contributed by atoms with Gasteiger partial charge in [0.25, 0.3) is 5.91 Å². The fraction of sp³-hybridized carbons (Fsp3) is 0.105. The molecule has 2 heterocycles. The zero-order valence-electron chi connectivity index (χ0n) is 15.5. The van der Waals surface area contributed by atoms with Gasteiger partial charge in [0.2, 0.25) is 0 Å². The molecule has 0 aliphatic carbocycles. The number of aromatic nitrogens is 4. The van der Waals surface area contributed by atoms with E-state index in [9.17, 15) is 14.0 Å². The van der Waals surface area contributed by atoms with Crippen LogP contribution in [-0.4, -0.2) is 43.0 Å². The minimum atomic E-state index is -0.726. The molecule has 0 spiro atoms. The summed E-state index contributed by atoms with van der Waals surface area (Å²) in [7, 11) is 0. The summed E-state index contributed by atoms with van der Waals surface area (Å²) >= 11 is 2.36. The fourth-order valence-electron chi connectivity index (χ4n) is 2.76. The first-order valence-corrected chi connectivity index (χ1v) is 10.6. The second-order valence-corrected chi connectivity index (χ2v) is 7.31. The van der Waals surface area contributed by atoms with Gasteiger partial charge in [0.15, 0.2) is 17.5 Å². The van der Waals surface area contributed by atoms with Gasteiger partial charge in [-0.2, -0.15) is 8.75 Å². The predicted octanol–water partition coefficient (Wildman–Crippen LogP) is 3.53. The van der Waals surface area contributed by atoms with Crippen molar-refractivity contribution in [1.82, 2.24) is 18.3 Å². The number of imidazole rings is 1. The highest BCUT2D eigenvalue weighted by molar-refractivity contribution is 7.98. The predicted molar refractivity (Wildman–Crippen MR) is 112 cm³/mol. The normalized spacial score (nSPS) is 10.9. The van der Waals surface area contributed by atoms with Crippen molar-refractivity contribution in [2.24, 2.45) is 0 Å². The molecule has 0 radical (unpaired) electrons. The molecule has 2 aromatic carbocycles. The number of benzene rings is 2. The summed E-state index contributed by atoms with van der Waals surface area (Å²) in [5, 5.41) is 3.20. The van der Waals surface area contributed by atoms with Gasteiger partial charge in [0.05, 0.1) is 23.6 Å². The third kappa shape index (κ3) is 4.02. The maximum Gasteiger partial charge on any atom is 0.357 e. The minimum absolute atomic E-state index is 0.129. The lowest BCUT2D eigenvalue weighted by molar-refractivity contribution is -0.119. The topological polar surface area (TPSA) is 99.0 Å². The van der Waals surface area contributed by atoms with Crippen LogP contribution in [0.1, 0.15) is 10.5 Å². The molecule has 2 aromatic heterocycles. The summed E-state index contributed by atoms with van der Waals surface area (Å²) in [5.74, 6) is -1.63. The Kier molecular flexibility index (Phi) is 5.72. The molecule has 0 aliphatic heterocycles. The lowest BCUT2D eigenvalue weighted by atomic mass is 10.2. The maximum atomic E-state index is 13.3. The van der Waals surface area contributed by atoms with E-state index in [2.05, 4.69) is 19.0 Å². The van der Waals surface area contributed by atoms with E-state index in [1.165, 1.54) is 42.2 Å². The molecule has 0 aliphatic rings. The van der Waals surface area contributed by atoms with Crippen LogP contribution >= 0.6 is 23.5 Å². The molecule has 11 heteroatoms. The molecule has 0 fully saturated rings. The Labute approximate surface area is 178 Å². The number of halogens is 1. The van der Waals surface area contributed by atoms with Crippen LogP contribution in [0.5, 0.6) is 0 Å². The average Bonchev–Trinajstić information content (AvgIpc) is 3.40. The molecular formula is C19H14FN5O3S2. The fourth-order valence-corrected chi connectivity index (χ4v) is 3.85. The molecule has 0 saturated heterocycles. The van der Waals surface area contributed by atoms with Crippen molar-refractivity contribution in [3.05, 3.63) is 60.2 Å². The van der Waals surface area contributed by atoms with Crippen molar-refractivity contribution in [3.63, 3.8) is 0 Å². The van der Waals surface area contributed by atoms with Crippen molar-refractivity contribution in [2.45, 2.75) is 5.16 Å². The largest absolute Gasteiger partial charge is 0.451 e. The number of hydrogen-bond acceptors (Lipinski definition) is 8. The standard InChI is InChI=1S/C19H14FN5O3S2/c1-29-19-21-9-15(25(19)12-7-5-11(20)6-8-12)18(27)28-10-16(26)22-13-3-2-4-14-17(13)24-30-23-14/h2-9H,10H2,1H3,(H,22,26). The SMILES string of the molecule is CSc1ncc(C(=O)OCC(=O)Nc2cccc3nsnc23)n1-c1ccc(F)cc1. The van der Waals surface area contributed by atoms with Crippen molar-refractivity contribution >= 4 is 52.1 Å². The van der Waals surface area contributed by atoms with E-state index in [0.29, 0.717) is 27.6 Å². The quantitative estimate of drug-likeness (QED) is 0.359. The Balaban J connectivity index is 1.48. The zero-order valence-corrected chi connectivity index (χ0v) is 17.2. The van der Waals surface area contributed by atoms with E-state index < -0.39 is 24.3 Å². The number of nitrogens with zero attached hydrogens (tertiary/aromatic N) is 4. The van der Waals surface area contributed by atoms with Crippen LogP contribution < -0.4 is 5.32 Å². The van der Waals surface area contributed by atoms with E-state index in [1.54, 1.807) is 29.0 Å². The van der Waals surface area contributed by atoms with E-state index in [-0.39, 0.29) is 5.69 Å². The summed E-state index contributed by atoms with van der Waals surface area (Å²) in [6.07, 6.45) is 3.16. The number of carbonyl (C=O) groups is 2. The van der Waals surface area contributed by atoms with Gasteiger partial charge >= 0.3 is 5.97 Å². The van der Waals surface area contributed by atoms with E-state index in [1.807, 2.05) is 0 Å². The van der Waals surface area contributed by atoms with Crippen molar-refractivity contribution in [3.8, 4) is 5.69 Å². The molecule has 8 nitrogen and oxygen atoms in total. The van der Waals surface area contributed by atoms with Crippen LogP contribution in [0.2, 0.25) is 0 Å². The maximum absolute atomic E-state index is 13.3. The van der Waals surface area contributed by atoms with Crippen molar-refractivity contribution < 1.29 is 18.7 Å². The number of thioether (sulfide) groups is 1. The van der Waals surface area contributed by atoms with Gasteiger partial charge in [0.1, 0.15) is 16.9 Å². The van der Waals surface area contributed by atoms with Crippen LogP contribution in [0.15, 0.2) is 53.8 Å². The molecule has 4 rings (SSSR count). The minimum Gasteiger partial charge on any atom is -0.451 e. The molecule has 4 aromatic rings. The molecule has 152 valence electrons. The molecule has 0 bridgehead atoms. The highest BCUT2D eigenvalue weighted by atomic mass is 32.2. The van der Waals surface area contributed by atoms with Crippen LogP contribution in [0.4, 0.5) is 10.1 Å². The van der Waals surface area contributed by atoms with Gasteiger partial charge in [-0.05, 0) is 42.7 Å². The number of amides is 1. The van der Waals surface area contributed by atoms with Gasteiger partial charge in [-0.25, -0.2) is 14.2 Å². The first-order valence-electron chi connectivity index (χ1n) is 8.63. The van der Waals surface area contributed by atoms with Gasteiger partial charge < -0.3 is 10.1 Å². The second kappa shape index (κ2) is 8.59. The van der Waals surface area contributed by atoms with Gasteiger partial charge in [-0.3, -0.25) is 9.36 Å². The van der Waals surface area contributed by atoms with Crippen molar-refractivity contribution in [2.75, 3.05) is 18.2 Å². The number of esters is 1. The smallest absolute Gasteiger partial charge is 0.357 e. The molecule has 0 saturated carbocycles. The third-order valence-electron chi connectivity index (χ3n) is 4.10. The number of fused-ring (bicyclic) bond motifs is 1. The highest BCUT2D eigenvalue weighted by Gasteiger charge is 2.20. The van der Waals surface area contributed by atoms with E-state index in [0.717, 1.165) is 11.7 Å². The second-order valence-electron chi connectivity index (χ2n) is 6.00. The Morgan fingerprint density at radius 3 is 2.77 bits per heavy atom. The van der Waals surface area contributed by atoms with Crippen LogP contribution in [0.25, 0.3) is 16.7 Å². The van der Waals surface area contributed by atoms with Crippen LogP contribution in [0.3, 0.4) is 0 Å². The molecule has 0 unspecified atom stereocenters. The highest BCUT2D eigenvalue weighted by Crippen LogP contribution is 2.23. The number of hydrogen-bond donors (Lipinski definition) is 1. The monoisotopic (exact) mass is 443 g/mol. The number of rotatable bonds is 6. The van der Waals surface area contributed by atoms with E-state index in [4.69, 9.17) is 4.74 Å². The summed E-state index contributed by atoms with van der Waals surface area (Å²) in [6, 6.07) is 10.9. The summed E-state index contributed by atoms with van der Waals surface area (Å²) in [4.78, 5) is 29.1. The Morgan fingerprint density at radius 2 is 2.00 bits per heavy atom. The number of anilines is 1. The van der Waals surface area contributed by atoms with Gasteiger partial charge in [-0.1, -0.05) is 17.8 Å². The van der Waals surface area contributed by atoms with Gasteiger partial charge in [-0.15, -0.1) is 0 Å². The summed E-state index contributed by atoms with van der Waals surface area (Å²) in [6.45, 7) is -0.490. The Bertz CT molecular complexity index is 1220. The van der Waals surface area contributed by atoms with E-state index >= 15 is 0 Å². The zero-order chi connectivity index (χ0) is 21.1. The molecule has 0 atom stereocenters. The lowest BCUT2D eigenvalue weighted by Crippen LogP contribution is -2.22. The lowest BCUT2D eigenvalue weighted by Gasteiger charge is -2.11. The number of ether oxygens (including phenoxy) is 1. The third-order valence-corrected chi connectivity index (χ3v) is 5.30. The number of nitrogens with one attached hydrogen (secondary N) is 1. The molecule has 1 amide bonds. The molecule has 1 N–H and O–H groups in total. The summed E-state index contributed by atoms with van der Waals surface area (Å²) in [5.41, 5.74) is 2.41. The first-order chi connectivity index (χ1) is 14.6. The Morgan fingerprint density at radius 1 is 1.20 bits per heavy atom. The number of carbonyl (C=O) groups excluding carboxylic acids is 2. The Hall–Kier alpha value is -3.31. The summed E-state index contributed by atoms with van der Waals surface area (Å²) < 4.78 is 28.2. The average molecular weight is 443 g/mol. The van der Waals surface area contributed by atoms with Gasteiger partial charge in [0, 0.05) is 5.69 Å².